The summed E-state index contributed by atoms with van der Waals surface area (Å²) in [5, 5.41) is 7.44. The van der Waals surface area contributed by atoms with Gasteiger partial charge in [-0.2, -0.15) is 13.2 Å². The first-order valence-electron chi connectivity index (χ1n) is 12.4. The highest BCUT2D eigenvalue weighted by atomic mass is 35.5. The molecule has 0 saturated carbocycles. The van der Waals surface area contributed by atoms with Crippen LogP contribution in [0.2, 0.25) is 5.02 Å². The molecule has 12 nitrogen and oxygen atoms in total. The van der Waals surface area contributed by atoms with Gasteiger partial charge in [0.05, 0.1) is 29.0 Å². The molecule has 0 amide bonds. The second kappa shape index (κ2) is 12.4. The molecule has 3 atom stereocenters. The summed E-state index contributed by atoms with van der Waals surface area (Å²) in [4.78, 5) is 12.5. The van der Waals surface area contributed by atoms with E-state index in [0.717, 1.165) is 0 Å². The highest BCUT2D eigenvalue weighted by molar-refractivity contribution is 7.91. The van der Waals surface area contributed by atoms with Crippen molar-refractivity contribution in [2.24, 2.45) is 0 Å². The molecule has 224 valence electrons. The van der Waals surface area contributed by atoms with Crippen molar-refractivity contribution in [3.05, 3.63) is 41.3 Å². The number of sulfone groups is 1. The molecule has 0 N–H and O–H groups in total. The molecule has 0 aliphatic carbocycles. The number of aromatic nitrogens is 6. The maximum atomic E-state index is 13.7. The molecule has 17 heteroatoms. The lowest BCUT2D eigenvalue weighted by molar-refractivity contribution is -0.153. The van der Waals surface area contributed by atoms with Crippen LogP contribution in [0.3, 0.4) is 0 Å². The van der Waals surface area contributed by atoms with Gasteiger partial charge >= 0.3 is 6.18 Å². The topological polar surface area (TPSA) is 140 Å². The summed E-state index contributed by atoms with van der Waals surface area (Å²) in [6.07, 6.45) is -2.00. The molecule has 0 bridgehead atoms. The van der Waals surface area contributed by atoms with E-state index >= 15 is 0 Å². The summed E-state index contributed by atoms with van der Waals surface area (Å²) in [5.74, 6) is -0.544. The highest BCUT2D eigenvalue weighted by Gasteiger charge is 2.38. The molecule has 3 aromatic rings. The number of methoxy groups -OCH3 is 1. The second-order valence-corrected chi connectivity index (χ2v) is 12.3. The monoisotopic (exact) mass is 620 g/mol. The Morgan fingerprint density at radius 1 is 1.17 bits per heavy atom. The van der Waals surface area contributed by atoms with Crippen LogP contribution in [-0.2, 0) is 25.1 Å². The Morgan fingerprint density at radius 3 is 2.51 bits per heavy atom. The van der Waals surface area contributed by atoms with Gasteiger partial charge in [-0.05, 0) is 20.8 Å². The van der Waals surface area contributed by atoms with Crippen LogP contribution >= 0.6 is 11.6 Å². The lowest BCUT2D eigenvalue weighted by Crippen LogP contribution is -2.32. The fourth-order valence-corrected chi connectivity index (χ4v) is 5.66. The highest BCUT2D eigenvalue weighted by Crippen LogP contribution is 2.40. The smallest absolute Gasteiger partial charge is 0.422 e. The second-order valence-electron chi connectivity index (χ2n) is 9.50. The third kappa shape index (κ3) is 7.23. The molecule has 0 radical (unpaired) electrons. The fourth-order valence-electron chi connectivity index (χ4n) is 4.18. The summed E-state index contributed by atoms with van der Waals surface area (Å²) in [6, 6.07) is 0.598. The number of halogens is 4. The van der Waals surface area contributed by atoms with Gasteiger partial charge in [0.1, 0.15) is 24.3 Å². The number of hydrogen-bond donors (Lipinski definition) is 0. The molecule has 1 aliphatic heterocycles. The van der Waals surface area contributed by atoms with Crippen molar-refractivity contribution in [2.45, 2.75) is 56.2 Å². The van der Waals surface area contributed by atoms with Gasteiger partial charge in [0.25, 0.3) is 0 Å². The molecule has 41 heavy (non-hydrogen) atoms. The van der Waals surface area contributed by atoms with Crippen LogP contribution in [0.15, 0.2) is 24.7 Å². The number of hydrogen-bond acceptors (Lipinski definition) is 11. The van der Waals surface area contributed by atoms with Crippen molar-refractivity contribution in [3.8, 4) is 23.0 Å². The molecule has 0 saturated heterocycles. The molecule has 0 unspecified atom stereocenters. The zero-order chi connectivity index (χ0) is 29.9. The number of pyridine rings is 1. The van der Waals surface area contributed by atoms with Crippen LogP contribution in [0.1, 0.15) is 44.6 Å². The Morgan fingerprint density at radius 2 is 1.88 bits per heavy atom. The van der Waals surface area contributed by atoms with Gasteiger partial charge in [-0.1, -0.05) is 11.6 Å². The van der Waals surface area contributed by atoms with E-state index in [1.54, 1.807) is 13.8 Å². The van der Waals surface area contributed by atoms with Gasteiger partial charge in [0.2, 0.25) is 0 Å². The molecule has 4 rings (SSSR count). The van der Waals surface area contributed by atoms with Gasteiger partial charge in [0.15, 0.2) is 45.3 Å². The Kier molecular flexibility index (Phi) is 9.35. The molecule has 1 aliphatic rings. The maximum Gasteiger partial charge on any atom is 0.422 e. The summed E-state index contributed by atoms with van der Waals surface area (Å²) in [5.41, 5.74) is 0.0445. The standard InChI is InChI=1S/C24H28ClF3N6O6S/c1-13(2)40-20(22-30-7-15(25)8-31-22)14(3)41(35,36)11-18-32-33-23-19-21(38-10-16(9-37-4)34(18)23)17(5-6-29-19)39-12-24(26,27)28/h5-8,13-14,16,20H,9-12H2,1-4H3/t14-,16+,20+/m0/s1. The summed E-state index contributed by atoms with van der Waals surface area (Å²) < 4.78 is 89.4. The first-order valence-corrected chi connectivity index (χ1v) is 14.5. The van der Waals surface area contributed by atoms with Gasteiger partial charge < -0.3 is 18.9 Å². The Labute approximate surface area is 239 Å². The minimum Gasteiger partial charge on any atom is -0.485 e. The third-order valence-corrected chi connectivity index (χ3v) is 8.25. The van der Waals surface area contributed by atoms with Crippen LogP contribution in [0.25, 0.3) is 11.5 Å². The minimum atomic E-state index is -4.58. The Bertz CT molecular complexity index is 1460. The van der Waals surface area contributed by atoms with Crippen molar-refractivity contribution in [3.63, 3.8) is 0 Å². The molecule has 0 fully saturated rings. The normalized spacial score (nSPS) is 16.9. The van der Waals surface area contributed by atoms with E-state index in [-0.39, 0.29) is 59.0 Å². The molecule has 3 aromatic heterocycles. The van der Waals surface area contributed by atoms with Gasteiger partial charge in [-0.15, -0.1) is 10.2 Å². The van der Waals surface area contributed by atoms with Crippen molar-refractivity contribution in [1.82, 2.24) is 29.7 Å². The van der Waals surface area contributed by atoms with Crippen molar-refractivity contribution < 1.29 is 40.5 Å². The van der Waals surface area contributed by atoms with E-state index in [1.165, 1.54) is 43.3 Å². The van der Waals surface area contributed by atoms with Crippen molar-refractivity contribution in [1.29, 1.82) is 0 Å². The largest absolute Gasteiger partial charge is 0.485 e. The van der Waals surface area contributed by atoms with Crippen molar-refractivity contribution >= 4 is 21.4 Å². The number of fused-ring (bicyclic) bond motifs is 3. The van der Waals surface area contributed by atoms with Gasteiger partial charge in [0, 0.05) is 31.8 Å². The molecular formula is C24H28ClF3N6O6S. The summed E-state index contributed by atoms with van der Waals surface area (Å²) in [7, 11) is -2.55. The van der Waals surface area contributed by atoms with Gasteiger partial charge in [-0.3, -0.25) is 4.57 Å². The summed E-state index contributed by atoms with van der Waals surface area (Å²) in [6.45, 7) is 3.40. The number of alkyl halides is 3. The van der Waals surface area contributed by atoms with E-state index in [9.17, 15) is 21.6 Å². The first-order chi connectivity index (χ1) is 19.3. The molecule has 4 heterocycles. The molecule has 0 spiro atoms. The van der Waals surface area contributed by atoms with E-state index in [1.807, 2.05) is 0 Å². The van der Waals surface area contributed by atoms with Crippen LogP contribution < -0.4 is 9.47 Å². The SMILES string of the molecule is COC[C@@H]1COc2c(OCC(F)(F)F)ccnc2-c2nnc(CS(=O)(=O)[C@@H](C)[C@@H](OC(C)C)c3ncc(Cl)cn3)n21. The number of ether oxygens (including phenoxy) is 4. The zero-order valence-electron chi connectivity index (χ0n) is 22.5. The van der Waals surface area contributed by atoms with Crippen LogP contribution in [0.4, 0.5) is 13.2 Å². The average Bonchev–Trinajstić information content (AvgIpc) is 3.23. The fraction of sp³-hybridized carbons (Fsp3) is 0.542. The van der Waals surface area contributed by atoms with E-state index in [4.69, 9.17) is 30.5 Å². The maximum absolute atomic E-state index is 13.7. The lowest BCUT2D eigenvalue weighted by Gasteiger charge is -2.25. The zero-order valence-corrected chi connectivity index (χ0v) is 24.1. The molecular weight excluding hydrogens is 593 g/mol. The van der Waals surface area contributed by atoms with Crippen molar-refractivity contribution in [2.75, 3.05) is 26.9 Å². The lowest BCUT2D eigenvalue weighted by atomic mass is 10.2. The summed E-state index contributed by atoms with van der Waals surface area (Å²) >= 11 is 5.90. The van der Waals surface area contributed by atoms with Crippen LogP contribution in [0, 0.1) is 0 Å². The Balaban J connectivity index is 1.71. The van der Waals surface area contributed by atoms with E-state index in [0.29, 0.717) is 0 Å². The van der Waals surface area contributed by atoms with Gasteiger partial charge in [-0.25, -0.2) is 23.4 Å². The van der Waals surface area contributed by atoms with Crippen LogP contribution in [-0.4, -0.2) is 82.6 Å². The predicted molar refractivity (Wildman–Crippen MR) is 139 cm³/mol. The molecule has 0 aromatic carbocycles. The predicted octanol–water partition coefficient (Wildman–Crippen LogP) is 3.77. The average molecular weight is 621 g/mol. The van der Waals surface area contributed by atoms with E-state index < -0.39 is 45.8 Å². The quantitative estimate of drug-likeness (QED) is 0.309. The minimum absolute atomic E-state index is 0.0445. The first kappa shape index (κ1) is 30.9. The number of rotatable bonds is 11. The Hall–Kier alpha value is -3.08. The third-order valence-electron chi connectivity index (χ3n) is 6.02. The van der Waals surface area contributed by atoms with Crippen LogP contribution in [0.5, 0.6) is 11.5 Å². The van der Waals surface area contributed by atoms with E-state index in [2.05, 4.69) is 25.1 Å². The number of nitrogens with zero attached hydrogens (tertiary/aromatic N) is 6.